The van der Waals surface area contributed by atoms with E-state index in [4.69, 9.17) is 19.6 Å². The quantitative estimate of drug-likeness (QED) is 0.437. The Labute approximate surface area is 157 Å². The predicted octanol–water partition coefficient (Wildman–Crippen LogP) is 1.21. The van der Waals surface area contributed by atoms with Crippen LogP contribution in [0.15, 0.2) is 18.3 Å². The number of carbonyl (C=O) groups is 3. The van der Waals surface area contributed by atoms with Crippen LogP contribution >= 0.6 is 0 Å². The number of hydrogen-bond acceptors (Lipinski definition) is 8. The van der Waals surface area contributed by atoms with Gasteiger partial charge in [-0.3, -0.25) is 14.6 Å². The van der Waals surface area contributed by atoms with E-state index in [1.165, 1.54) is 20.4 Å². The summed E-state index contributed by atoms with van der Waals surface area (Å²) in [6, 6.07) is 2.17. The van der Waals surface area contributed by atoms with E-state index in [1.807, 2.05) is 0 Å². The number of ketones is 1. The van der Waals surface area contributed by atoms with Gasteiger partial charge in [0, 0.05) is 13.5 Å². The van der Waals surface area contributed by atoms with Crippen molar-refractivity contribution in [3.05, 3.63) is 24.0 Å². The lowest BCUT2D eigenvalue weighted by Crippen LogP contribution is -2.45. The summed E-state index contributed by atoms with van der Waals surface area (Å²) in [6.07, 6.45) is 0.631. The number of nitrogens with zero attached hydrogens (tertiary/aromatic N) is 1. The normalized spacial score (nSPS) is 12.8. The van der Waals surface area contributed by atoms with Crippen LogP contribution in [0.4, 0.5) is 0 Å². The predicted molar refractivity (Wildman–Crippen MR) is 96.7 cm³/mol. The van der Waals surface area contributed by atoms with Crippen LogP contribution in [0.5, 0.6) is 5.75 Å². The van der Waals surface area contributed by atoms with Crippen LogP contribution in [0.1, 0.15) is 38.5 Å². The Morgan fingerprint density at radius 3 is 2.44 bits per heavy atom. The fraction of sp³-hybridized carbons (Fsp3) is 0.500. The third-order valence-corrected chi connectivity index (χ3v) is 3.53. The number of rotatable bonds is 11. The van der Waals surface area contributed by atoms with Crippen LogP contribution in [-0.2, 0) is 23.9 Å². The second-order valence-electron chi connectivity index (χ2n) is 5.93. The molecule has 0 aromatic carbocycles. The molecule has 0 aliphatic carbocycles. The summed E-state index contributed by atoms with van der Waals surface area (Å²) in [5.74, 6) is -1.18. The third-order valence-electron chi connectivity index (χ3n) is 3.53. The Kier molecular flexibility index (Phi) is 9.07. The summed E-state index contributed by atoms with van der Waals surface area (Å²) in [5, 5.41) is 9.48. The van der Waals surface area contributed by atoms with Gasteiger partial charge >= 0.3 is 5.97 Å². The number of nitrogens with one attached hydrogen (secondary N) is 2. The lowest BCUT2D eigenvalue weighted by atomic mass is 10.1. The maximum atomic E-state index is 12.6. The molecule has 0 aliphatic rings. The van der Waals surface area contributed by atoms with Crippen molar-refractivity contribution >= 4 is 23.9 Å². The van der Waals surface area contributed by atoms with Crippen molar-refractivity contribution in [1.29, 1.82) is 5.41 Å². The Bertz CT molecular complexity index is 660. The zero-order valence-electron chi connectivity index (χ0n) is 15.9. The van der Waals surface area contributed by atoms with E-state index in [0.717, 1.165) is 0 Å². The van der Waals surface area contributed by atoms with Crippen molar-refractivity contribution in [3.63, 3.8) is 0 Å². The van der Waals surface area contributed by atoms with E-state index < -0.39 is 29.8 Å². The number of amides is 1. The Balaban J connectivity index is 2.90. The molecule has 9 nitrogen and oxygen atoms in total. The van der Waals surface area contributed by atoms with Crippen molar-refractivity contribution in [3.8, 4) is 5.75 Å². The number of Topliss-reactive ketones (excluding diaryl/α,β-unsaturated/α-hetero) is 1. The van der Waals surface area contributed by atoms with Crippen LogP contribution in [0.2, 0.25) is 0 Å². The van der Waals surface area contributed by atoms with Gasteiger partial charge in [-0.2, -0.15) is 0 Å². The van der Waals surface area contributed by atoms with Gasteiger partial charge in [0.2, 0.25) is 0 Å². The minimum absolute atomic E-state index is 0.0119. The highest BCUT2D eigenvalue weighted by atomic mass is 16.5. The van der Waals surface area contributed by atoms with E-state index in [9.17, 15) is 14.4 Å². The number of esters is 1. The molecule has 0 unspecified atom stereocenters. The maximum Gasteiger partial charge on any atom is 0.328 e. The first-order valence-corrected chi connectivity index (χ1v) is 8.39. The molecule has 27 heavy (non-hydrogen) atoms. The minimum Gasteiger partial charge on any atom is -0.495 e. The lowest BCUT2D eigenvalue weighted by Gasteiger charge is -2.21. The minimum atomic E-state index is -1.05. The van der Waals surface area contributed by atoms with Crippen LogP contribution in [-0.4, -0.2) is 55.2 Å². The van der Waals surface area contributed by atoms with Crippen LogP contribution in [0, 0.1) is 5.41 Å². The molecular weight excluding hydrogens is 354 g/mol. The van der Waals surface area contributed by atoms with Crippen molar-refractivity contribution in [2.45, 2.75) is 44.9 Å². The first kappa shape index (κ1) is 22.2. The zero-order chi connectivity index (χ0) is 20.4. The summed E-state index contributed by atoms with van der Waals surface area (Å²) in [6.45, 7) is 3.36. The van der Waals surface area contributed by atoms with Crippen LogP contribution < -0.4 is 10.1 Å². The molecule has 2 N–H and O–H groups in total. The monoisotopic (exact) mass is 379 g/mol. The molecular formula is C18H25N3O6. The highest BCUT2D eigenvalue weighted by Crippen LogP contribution is 2.18. The third kappa shape index (κ3) is 7.14. The molecule has 0 bridgehead atoms. The molecule has 148 valence electrons. The van der Waals surface area contributed by atoms with E-state index in [1.54, 1.807) is 26.0 Å². The molecule has 0 saturated heterocycles. The Hall–Kier alpha value is -2.81. The average Bonchev–Trinajstić information content (AvgIpc) is 2.65. The molecule has 1 heterocycles. The Morgan fingerprint density at radius 1 is 1.26 bits per heavy atom. The second-order valence-corrected chi connectivity index (χ2v) is 5.93. The molecule has 0 radical (unpaired) electrons. The highest BCUT2D eigenvalue weighted by Gasteiger charge is 2.29. The topological polar surface area (TPSA) is 128 Å². The molecule has 0 fully saturated rings. The van der Waals surface area contributed by atoms with Crippen molar-refractivity contribution < 1.29 is 28.6 Å². The molecule has 1 aromatic rings. The maximum absolute atomic E-state index is 12.6. The van der Waals surface area contributed by atoms with E-state index in [-0.39, 0.29) is 18.9 Å². The van der Waals surface area contributed by atoms with Crippen molar-refractivity contribution in [1.82, 2.24) is 10.3 Å². The van der Waals surface area contributed by atoms with Gasteiger partial charge in [0.05, 0.1) is 31.3 Å². The standard InChI is InChI=1S/C18H25N3O6/c1-11(2)27-18(24)15(7-5-12(22)9-19)21-17(23)16(26-4)14-8-6-13(25-3)10-20-14/h6,8-11,15-16,19H,5,7H2,1-4H3,(H,21,23)/t15-,16-/m0/s1. The summed E-state index contributed by atoms with van der Waals surface area (Å²) in [7, 11) is 2.84. The largest absolute Gasteiger partial charge is 0.495 e. The van der Waals surface area contributed by atoms with Crippen molar-refractivity contribution in [2.24, 2.45) is 0 Å². The second kappa shape index (κ2) is 11.0. The molecule has 0 saturated carbocycles. The molecule has 1 rings (SSSR count). The molecule has 0 aliphatic heterocycles. The van der Waals surface area contributed by atoms with Gasteiger partial charge in [0.1, 0.15) is 11.8 Å². The molecule has 0 spiro atoms. The van der Waals surface area contributed by atoms with Gasteiger partial charge in [0.25, 0.3) is 5.91 Å². The average molecular weight is 379 g/mol. The summed E-state index contributed by atoms with van der Waals surface area (Å²) >= 11 is 0. The fourth-order valence-electron chi connectivity index (χ4n) is 2.20. The van der Waals surface area contributed by atoms with Crippen LogP contribution in [0.25, 0.3) is 0 Å². The molecule has 1 amide bonds. The van der Waals surface area contributed by atoms with Gasteiger partial charge < -0.3 is 24.9 Å². The lowest BCUT2D eigenvalue weighted by molar-refractivity contribution is -0.152. The van der Waals surface area contributed by atoms with E-state index >= 15 is 0 Å². The number of aromatic nitrogens is 1. The first-order valence-electron chi connectivity index (χ1n) is 8.39. The first-order chi connectivity index (χ1) is 12.8. The number of pyridine rings is 1. The summed E-state index contributed by atoms with van der Waals surface area (Å²) in [5.41, 5.74) is 0.336. The fourth-order valence-corrected chi connectivity index (χ4v) is 2.20. The van der Waals surface area contributed by atoms with Gasteiger partial charge in [-0.15, -0.1) is 0 Å². The molecule has 1 aromatic heterocycles. The van der Waals surface area contributed by atoms with E-state index in [0.29, 0.717) is 17.7 Å². The Morgan fingerprint density at radius 2 is 1.96 bits per heavy atom. The summed E-state index contributed by atoms with van der Waals surface area (Å²) < 4.78 is 15.4. The molecule has 9 heteroatoms. The highest BCUT2D eigenvalue weighted by molar-refractivity contribution is 6.26. The number of ether oxygens (including phenoxy) is 3. The number of hydrogen-bond donors (Lipinski definition) is 2. The van der Waals surface area contributed by atoms with Gasteiger partial charge in [-0.05, 0) is 32.4 Å². The van der Waals surface area contributed by atoms with E-state index in [2.05, 4.69) is 10.3 Å². The van der Waals surface area contributed by atoms with Gasteiger partial charge in [0.15, 0.2) is 11.9 Å². The van der Waals surface area contributed by atoms with Crippen LogP contribution in [0.3, 0.4) is 0 Å². The molecule has 2 atom stereocenters. The number of methoxy groups -OCH3 is 2. The van der Waals surface area contributed by atoms with Gasteiger partial charge in [-0.1, -0.05) is 0 Å². The smallest absolute Gasteiger partial charge is 0.328 e. The zero-order valence-corrected chi connectivity index (χ0v) is 15.9. The summed E-state index contributed by atoms with van der Waals surface area (Å²) in [4.78, 5) is 40.3. The number of carbonyl (C=O) groups excluding carboxylic acids is 3. The SMILES string of the molecule is COc1ccc([C@H](OC)C(=O)N[C@@H](CCC(=O)C=N)C(=O)OC(C)C)nc1. The van der Waals surface area contributed by atoms with Gasteiger partial charge in [-0.25, -0.2) is 4.79 Å². The van der Waals surface area contributed by atoms with Crippen molar-refractivity contribution in [2.75, 3.05) is 14.2 Å².